The SMILES string of the molecule is O=C(c1ccc(OCc2ccccc2)cc1)N1CCN(C(=O)c2ccccc2C(F)(F)F)CC1. The molecule has 4 rings (SSSR count). The Morgan fingerprint density at radius 3 is 1.91 bits per heavy atom. The van der Waals surface area contributed by atoms with Crippen molar-refractivity contribution in [2.75, 3.05) is 26.2 Å². The summed E-state index contributed by atoms with van der Waals surface area (Å²) in [4.78, 5) is 28.5. The van der Waals surface area contributed by atoms with Gasteiger partial charge >= 0.3 is 6.18 Å². The normalized spacial score (nSPS) is 14.1. The third-order valence-electron chi connectivity index (χ3n) is 5.67. The third kappa shape index (κ3) is 5.39. The van der Waals surface area contributed by atoms with E-state index in [4.69, 9.17) is 4.74 Å². The fourth-order valence-electron chi connectivity index (χ4n) is 3.82. The maximum Gasteiger partial charge on any atom is 0.417 e. The number of ether oxygens (including phenoxy) is 1. The summed E-state index contributed by atoms with van der Waals surface area (Å²) in [6, 6.07) is 21.3. The molecule has 0 aliphatic carbocycles. The quantitative estimate of drug-likeness (QED) is 0.536. The number of amides is 2. The predicted octanol–water partition coefficient (Wildman–Crippen LogP) is 4.88. The smallest absolute Gasteiger partial charge is 0.417 e. The van der Waals surface area contributed by atoms with Gasteiger partial charge in [0.25, 0.3) is 11.8 Å². The lowest BCUT2D eigenvalue weighted by Crippen LogP contribution is -2.50. The summed E-state index contributed by atoms with van der Waals surface area (Å²) in [5.41, 5.74) is 0.191. The minimum atomic E-state index is -4.61. The fourth-order valence-corrected chi connectivity index (χ4v) is 3.82. The first-order valence-electron chi connectivity index (χ1n) is 10.8. The lowest BCUT2D eigenvalue weighted by atomic mass is 10.1. The van der Waals surface area contributed by atoms with Crippen LogP contribution in [-0.2, 0) is 12.8 Å². The van der Waals surface area contributed by atoms with Crippen molar-refractivity contribution < 1.29 is 27.5 Å². The highest BCUT2D eigenvalue weighted by molar-refractivity contribution is 5.97. The van der Waals surface area contributed by atoms with Gasteiger partial charge in [-0.05, 0) is 42.0 Å². The van der Waals surface area contributed by atoms with Crippen molar-refractivity contribution in [3.63, 3.8) is 0 Å². The zero-order chi connectivity index (χ0) is 24.1. The summed E-state index contributed by atoms with van der Waals surface area (Å²) in [6.45, 7) is 1.22. The molecular formula is C26H23F3N2O3. The average molecular weight is 468 g/mol. The van der Waals surface area contributed by atoms with Crippen LogP contribution in [0.1, 0.15) is 31.8 Å². The number of piperazine rings is 1. The van der Waals surface area contributed by atoms with Gasteiger partial charge in [-0.3, -0.25) is 9.59 Å². The highest BCUT2D eigenvalue weighted by Crippen LogP contribution is 2.32. The van der Waals surface area contributed by atoms with Crippen molar-refractivity contribution in [2.24, 2.45) is 0 Å². The Morgan fingerprint density at radius 2 is 1.29 bits per heavy atom. The highest BCUT2D eigenvalue weighted by Gasteiger charge is 2.36. The van der Waals surface area contributed by atoms with E-state index in [-0.39, 0.29) is 37.6 Å². The maximum atomic E-state index is 13.3. The molecule has 1 saturated heterocycles. The second-order valence-corrected chi connectivity index (χ2v) is 7.93. The molecule has 0 spiro atoms. The van der Waals surface area contributed by atoms with E-state index in [0.29, 0.717) is 17.9 Å². The van der Waals surface area contributed by atoms with E-state index in [1.54, 1.807) is 29.2 Å². The average Bonchev–Trinajstić information content (AvgIpc) is 2.87. The van der Waals surface area contributed by atoms with Crippen molar-refractivity contribution in [3.8, 4) is 5.75 Å². The largest absolute Gasteiger partial charge is 0.489 e. The highest BCUT2D eigenvalue weighted by atomic mass is 19.4. The molecule has 0 atom stereocenters. The molecule has 5 nitrogen and oxygen atoms in total. The van der Waals surface area contributed by atoms with E-state index >= 15 is 0 Å². The molecule has 34 heavy (non-hydrogen) atoms. The summed E-state index contributed by atoms with van der Waals surface area (Å²) in [6.07, 6.45) is -4.61. The minimum Gasteiger partial charge on any atom is -0.489 e. The first kappa shape index (κ1) is 23.4. The summed E-state index contributed by atoms with van der Waals surface area (Å²) in [5.74, 6) is -0.239. The molecule has 1 aliphatic rings. The Kier molecular flexibility index (Phi) is 6.86. The Balaban J connectivity index is 1.33. The van der Waals surface area contributed by atoms with Crippen LogP contribution in [0.25, 0.3) is 0 Å². The van der Waals surface area contributed by atoms with E-state index in [1.807, 2.05) is 30.3 Å². The third-order valence-corrected chi connectivity index (χ3v) is 5.67. The van der Waals surface area contributed by atoms with Crippen LogP contribution in [0.4, 0.5) is 13.2 Å². The molecule has 2 amide bonds. The topological polar surface area (TPSA) is 49.9 Å². The molecule has 176 valence electrons. The van der Waals surface area contributed by atoms with Crippen LogP contribution < -0.4 is 4.74 Å². The van der Waals surface area contributed by atoms with Crippen LogP contribution in [0.2, 0.25) is 0 Å². The molecule has 0 saturated carbocycles. The van der Waals surface area contributed by atoms with Crippen LogP contribution in [0.15, 0.2) is 78.9 Å². The molecule has 0 unspecified atom stereocenters. The molecule has 0 aromatic heterocycles. The number of alkyl halides is 3. The van der Waals surface area contributed by atoms with Crippen molar-refractivity contribution in [1.29, 1.82) is 0 Å². The molecule has 1 aliphatic heterocycles. The van der Waals surface area contributed by atoms with Gasteiger partial charge in [0.15, 0.2) is 0 Å². The predicted molar refractivity (Wildman–Crippen MR) is 120 cm³/mol. The van der Waals surface area contributed by atoms with Crippen molar-refractivity contribution in [2.45, 2.75) is 12.8 Å². The Labute approximate surface area is 195 Å². The number of benzene rings is 3. The lowest BCUT2D eigenvalue weighted by Gasteiger charge is -2.35. The van der Waals surface area contributed by atoms with Crippen molar-refractivity contribution in [1.82, 2.24) is 9.80 Å². The standard InChI is InChI=1S/C26H23F3N2O3/c27-26(28,29)23-9-5-4-8-22(23)25(33)31-16-14-30(15-17-31)24(32)20-10-12-21(13-11-20)34-18-19-6-2-1-3-7-19/h1-13H,14-18H2. The van der Waals surface area contributed by atoms with Crippen molar-refractivity contribution in [3.05, 3.63) is 101 Å². The van der Waals surface area contributed by atoms with Crippen LogP contribution in [-0.4, -0.2) is 47.8 Å². The molecule has 8 heteroatoms. The summed E-state index contributed by atoms with van der Waals surface area (Å²) in [5, 5.41) is 0. The van der Waals surface area contributed by atoms with Crippen LogP contribution >= 0.6 is 0 Å². The van der Waals surface area contributed by atoms with Crippen LogP contribution in [0.3, 0.4) is 0 Å². The molecule has 3 aromatic carbocycles. The van der Waals surface area contributed by atoms with Gasteiger partial charge in [-0.1, -0.05) is 42.5 Å². The Bertz CT molecular complexity index is 1140. The maximum absolute atomic E-state index is 13.3. The minimum absolute atomic E-state index is 0.162. The van der Waals surface area contributed by atoms with Gasteiger partial charge in [-0.2, -0.15) is 13.2 Å². The first-order valence-corrected chi connectivity index (χ1v) is 10.8. The molecule has 1 heterocycles. The van der Waals surface area contributed by atoms with Gasteiger partial charge in [0.05, 0.1) is 11.1 Å². The zero-order valence-corrected chi connectivity index (χ0v) is 18.3. The van der Waals surface area contributed by atoms with Crippen LogP contribution in [0.5, 0.6) is 5.75 Å². The first-order chi connectivity index (χ1) is 16.3. The van der Waals surface area contributed by atoms with Crippen molar-refractivity contribution >= 4 is 11.8 Å². The van der Waals surface area contributed by atoms with Gasteiger partial charge < -0.3 is 14.5 Å². The summed E-state index contributed by atoms with van der Waals surface area (Å²) < 4.78 is 45.5. The number of rotatable bonds is 5. The van der Waals surface area contributed by atoms with E-state index < -0.39 is 17.6 Å². The molecule has 0 bridgehead atoms. The Hall–Kier alpha value is -3.81. The number of carbonyl (C=O) groups is 2. The second-order valence-electron chi connectivity index (χ2n) is 7.93. The Morgan fingerprint density at radius 1 is 0.735 bits per heavy atom. The van der Waals surface area contributed by atoms with Gasteiger partial charge in [0.1, 0.15) is 12.4 Å². The second kappa shape index (κ2) is 9.99. The number of halogens is 3. The van der Waals surface area contributed by atoms with Gasteiger partial charge in [-0.25, -0.2) is 0 Å². The monoisotopic (exact) mass is 468 g/mol. The number of hydrogen-bond donors (Lipinski definition) is 0. The molecule has 0 N–H and O–H groups in total. The molecular weight excluding hydrogens is 445 g/mol. The summed E-state index contributed by atoms with van der Waals surface area (Å²) >= 11 is 0. The molecule has 3 aromatic rings. The van der Waals surface area contributed by atoms with Crippen LogP contribution in [0, 0.1) is 0 Å². The number of nitrogens with zero attached hydrogens (tertiary/aromatic N) is 2. The molecule has 0 radical (unpaired) electrons. The van der Waals surface area contributed by atoms with Gasteiger partial charge in [0.2, 0.25) is 0 Å². The van der Waals surface area contributed by atoms with E-state index in [2.05, 4.69) is 0 Å². The van der Waals surface area contributed by atoms with E-state index in [1.165, 1.54) is 23.1 Å². The fraction of sp³-hybridized carbons (Fsp3) is 0.231. The number of hydrogen-bond acceptors (Lipinski definition) is 3. The number of carbonyl (C=O) groups excluding carboxylic acids is 2. The van der Waals surface area contributed by atoms with E-state index in [0.717, 1.165) is 11.6 Å². The summed E-state index contributed by atoms with van der Waals surface area (Å²) in [7, 11) is 0. The van der Waals surface area contributed by atoms with Gasteiger partial charge in [0, 0.05) is 31.7 Å². The lowest BCUT2D eigenvalue weighted by molar-refractivity contribution is -0.138. The van der Waals surface area contributed by atoms with E-state index in [9.17, 15) is 22.8 Å². The molecule has 1 fully saturated rings. The zero-order valence-electron chi connectivity index (χ0n) is 18.3. The van der Waals surface area contributed by atoms with Gasteiger partial charge in [-0.15, -0.1) is 0 Å².